The topological polar surface area (TPSA) is 194 Å². The highest BCUT2D eigenvalue weighted by molar-refractivity contribution is 5.94. The number of likely N-dealkylation sites (N-methyl/N-ethyl adjacent to an activating group) is 1. The number of carboxylic acid groups (broad SMARTS) is 2. The second kappa shape index (κ2) is 22.3. The van der Waals surface area contributed by atoms with Gasteiger partial charge < -0.3 is 36.4 Å². The fraction of sp³-hybridized carbons (Fsp3) is 0.800. The summed E-state index contributed by atoms with van der Waals surface area (Å²) in [6.07, 6.45) is 10.3. The number of carbonyl (C=O) groups excluding carboxylic acids is 4. The van der Waals surface area contributed by atoms with Gasteiger partial charge in [-0.05, 0) is 39.2 Å². The maximum absolute atomic E-state index is 13.3. The number of amides is 4. The van der Waals surface area contributed by atoms with Crippen molar-refractivity contribution in [1.29, 1.82) is 0 Å². The minimum absolute atomic E-state index is 0.112. The first kappa shape index (κ1) is 37.8. The summed E-state index contributed by atoms with van der Waals surface area (Å²) in [5, 5.41) is 28.8. The van der Waals surface area contributed by atoms with E-state index in [0.717, 1.165) is 25.7 Å². The molecular formula is C30H53N5O8. The Morgan fingerprint density at radius 2 is 1.30 bits per heavy atom. The summed E-state index contributed by atoms with van der Waals surface area (Å²) in [6, 6.07) is -3.24. The van der Waals surface area contributed by atoms with E-state index < -0.39 is 54.2 Å². The zero-order valence-corrected chi connectivity index (χ0v) is 26.0. The first-order valence-corrected chi connectivity index (χ1v) is 15.9. The highest BCUT2D eigenvalue weighted by Crippen LogP contribution is 2.20. The normalized spacial score (nSPS) is 15.9. The second-order valence-electron chi connectivity index (χ2n) is 11.2. The van der Waals surface area contributed by atoms with E-state index >= 15 is 0 Å². The van der Waals surface area contributed by atoms with E-state index in [9.17, 15) is 33.9 Å². The molecule has 1 saturated heterocycles. The molecule has 1 aliphatic heterocycles. The molecule has 0 aromatic rings. The van der Waals surface area contributed by atoms with Crippen molar-refractivity contribution in [2.45, 2.75) is 128 Å². The van der Waals surface area contributed by atoms with Gasteiger partial charge in [-0.15, -0.1) is 0 Å². The van der Waals surface area contributed by atoms with Crippen LogP contribution in [0.4, 0.5) is 0 Å². The van der Waals surface area contributed by atoms with Crippen molar-refractivity contribution >= 4 is 35.6 Å². The van der Waals surface area contributed by atoms with Gasteiger partial charge in [0.15, 0.2) is 0 Å². The van der Waals surface area contributed by atoms with Crippen molar-refractivity contribution < 1.29 is 39.0 Å². The predicted octanol–water partition coefficient (Wildman–Crippen LogP) is 1.93. The largest absolute Gasteiger partial charge is 0.481 e. The zero-order valence-electron chi connectivity index (χ0n) is 26.0. The number of nitrogens with one attached hydrogen (secondary N) is 4. The molecule has 0 aromatic carbocycles. The number of hydrogen-bond acceptors (Lipinski definition) is 7. The van der Waals surface area contributed by atoms with Gasteiger partial charge in [-0.2, -0.15) is 0 Å². The Labute approximate surface area is 255 Å². The van der Waals surface area contributed by atoms with Gasteiger partial charge in [-0.3, -0.25) is 28.8 Å². The van der Waals surface area contributed by atoms with Crippen molar-refractivity contribution in [3.05, 3.63) is 0 Å². The molecule has 0 aromatic heterocycles. The number of rotatable bonds is 24. The average molecular weight is 612 g/mol. The number of carbonyl (C=O) groups is 6. The van der Waals surface area contributed by atoms with Gasteiger partial charge in [0, 0.05) is 38.9 Å². The molecule has 0 spiro atoms. The van der Waals surface area contributed by atoms with E-state index in [2.05, 4.69) is 28.2 Å². The predicted molar refractivity (Wildman–Crippen MR) is 161 cm³/mol. The molecule has 1 aliphatic rings. The Morgan fingerprint density at radius 1 is 0.744 bits per heavy atom. The lowest BCUT2D eigenvalue weighted by atomic mass is 10.1. The van der Waals surface area contributed by atoms with Gasteiger partial charge >= 0.3 is 11.9 Å². The Balaban J connectivity index is 2.75. The van der Waals surface area contributed by atoms with Crippen molar-refractivity contribution in [2.75, 3.05) is 26.7 Å². The molecule has 6 N–H and O–H groups in total. The minimum Gasteiger partial charge on any atom is -0.481 e. The van der Waals surface area contributed by atoms with E-state index in [1.54, 1.807) is 7.05 Å². The first-order valence-electron chi connectivity index (χ1n) is 15.9. The van der Waals surface area contributed by atoms with Crippen LogP contribution in [-0.4, -0.2) is 95.5 Å². The lowest BCUT2D eigenvalue weighted by Gasteiger charge is -2.27. The molecule has 0 saturated carbocycles. The van der Waals surface area contributed by atoms with E-state index in [0.29, 0.717) is 32.4 Å². The highest BCUT2D eigenvalue weighted by atomic mass is 16.4. The van der Waals surface area contributed by atoms with Crippen LogP contribution in [0.3, 0.4) is 0 Å². The van der Waals surface area contributed by atoms with Crippen LogP contribution in [0.5, 0.6) is 0 Å². The highest BCUT2D eigenvalue weighted by Gasteiger charge is 2.36. The molecule has 0 aliphatic carbocycles. The van der Waals surface area contributed by atoms with Crippen LogP contribution in [0.1, 0.15) is 110 Å². The molecule has 13 nitrogen and oxygen atoms in total. The van der Waals surface area contributed by atoms with E-state index in [1.807, 2.05) is 0 Å². The van der Waals surface area contributed by atoms with Crippen molar-refractivity contribution in [1.82, 2.24) is 26.2 Å². The van der Waals surface area contributed by atoms with Gasteiger partial charge in [0.1, 0.15) is 18.1 Å². The van der Waals surface area contributed by atoms with Crippen molar-refractivity contribution in [2.24, 2.45) is 0 Å². The van der Waals surface area contributed by atoms with Gasteiger partial charge in [0.05, 0.1) is 0 Å². The van der Waals surface area contributed by atoms with Crippen molar-refractivity contribution in [3.63, 3.8) is 0 Å². The minimum atomic E-state index is -1.28. The molecule has 4 amide bonds. The molecule has 13 heteroatoms. The van der Waals surface area contributed by atoms with Crippen LogP contribution in [0.2, 0.25) is 0 Å². The quantitative estimate of drug-likeness (QED) is 0.0884. The molecule has 43 heavy (non-hydrogen) atoms. The number of carboxylic acids is 2. The fourth-order valence-electron chi connectivity index (χ4n) is 5.12. The van der Waals surface area contributed by atoms with Crippen LogP contribution in [0, 0.1) is 0 Å². The summed E-state index contributed by atoms with van der Waals surface area (Å²) in [6.45, 7) is 3.33. The first-order chi connectivity index (χ1) is 20.6. The SMILES string of the molecule is CCCCCCCCCCCC(=O)N1CCCC1C(=O)NC(CCC(=O)O)C(=O)NC(CCC(=O)O)C(=O)NCCNC. The monoisotopic (exact) mass is 611 g/mol. The third kappa shape index (κ3) is 16.3. The summed E-state index contributed by atoms with van der Waals surface area (Å²) in [5.74, 6) is -4.36. The lowest BCUT2D eigenvalue weighted by molar-refractivity contribution is -0.141. The van der Waals surface area contributed by atoms with Crippen molar-refractivity contribution in [3.8, 4) is 0 Å². The maximum atomic E-state index is 13.3. The molecule has 3 atom stereocenters. The van der Waals surface area contributed by atoms with Crippen LogP contribution in [0.25, 0.3) is 0 Å². The molecule has 246 valence electrons. The van der Waals surface area contributed by atoms with Gasteiger partial charge in [0.2, 0.25) is 23.6 Å². The summed E-state index contributed by atoms with van der Waals surface area (Å²) in [4.78, 5) is 75.9. The third-order valence-corrected chi connectivity index (χ3v) is 7.60. The summed E-state index contributed by atoms with van der Waals surface area (Å²) in [5.41, 5.74) is 0. The summed E-state index contributed by atoms with van der Waals surface area (Å²) < 4.78 is 0. The van der Waals surface area contributed by atoms with Crippen LogP contribution >= 0.6 is 0 Å². The van der Waals surface area contributed by atoms with Gasteiger partial charge in [0.25, 0.3) is 0 Å². The van der Waals surface area contributed by atoms with E-state index in [-0.39, 0.29) is 31.7 Å². The number of aliphatic carboxylic acids is 2. The smallest absolute Gasteiger partial charge is 0.303 e. The Kier molecular flexibility index (Phi) is 19.6. The molecule has 3 unspecified atom stereocenters. The summed E-state index contributed by atoms with van der Waals surface area (Å²) >= 11 is 0. The van der Waals surface area contributed by atoms with E-state index in [1.165, 1.54) is 37.0 Å². The Morgan fingerprint density at radius 3 is 1.86 bits per heavy atom. The Hall–Kier alpha value is -3.22. The third-order valence-electron chi connectivity index (χ3n) is 7.60. The zero-order chi connectivity index (χ0) is 32.0. The second-order valence-corrected chi connectivity index (χ2v) is 11.2. The molecule has 1 rings (SSSR count). The average Bonchev–Trinajstić information content (AvgIpc) is 3.46. The summed E-state index contributed by atoms with van der Waals surface area (Å²) in [7, 11) is 1.70. The van der Waals surface area contributed by atoms with Crippen LogP contribution in [-0.2, 0) is 28.8 Å². The van der Waals surface area contributed by atoms with Crippen LogP contribution < -0.4 is 21.3 Å². The molecule has 0 radical (unpaired) electrons. The van der Waals surface area contributed by atoms with Crippen LogP contribution in [0.15, 0.2) is 0 Å². The number of hydrogen-bond donors (Lipinski definition) is 6. The molecule has 1 heterocycles. The Bertz CT molecular complexity index is 900. The van der Waals surface area contributed by atoms with E-state index in [4.69, 9.17) is 5.11 Å². The number of likely N-dealkylation sites (tertiary alicyclic amines) is 1. The molecule has 0 bridgehead atoms. The maximum Gasteiger partial charge on any atom is 0.303 e. The molecular weight excluding hydrogens is 558 g/mol. The number of unbranched alkanes of at least 4 members (excludes halogenated alkanes) is 8. The lowest BCUT2D eigenvalue weighted by Crippen LogP contribution is -2.56. The standard InChI is InChI=1S/C30H53N5O8/c1-3-4-5-6-7-8-9-10-11-14-25(36)35-21-12-13-24(35)30(43)34-23(16-18-27(39)40)29(42)33-22(15-17-26(37)38)28(41)32-20-19-31-2/h22-24,31H,3-21H2,1-2H3,(H,32,41)(H,33,42)(H,34,43)(H,37,38)(H,39,40). The number of nitrogens with zero attached hydrogens (tertiary/aromatic N) is 1. The van der Waals surface area contributed by atoms with Gasteiger partial charge in [-0.25, -0.2) is 0 Å². The molecule has 1 fully saturated rings. The van der Waals surface area contributed by atoms with Gasteiger partial charge in [-0.1, -0.05) is 58.3 Å². The fourth-order valence-corrected chi connectivity index (χ4v) is 5.12.